The number of carbonyl (C=O) groups excluding carboxylic acids is 2. The van der Waals surface area contributed by atoms with E-state index < -0.39 is 11.7 Å². The molecule has 3 N–H and O–H groups in total. The minimum atomic E-state index is -0.552. The van der Waals surface area contributed by atoms with Gasteiger partial charge in [0.15, 0.2) is 0 Å². The molecule has 11 heteroatoms. The third-order valence-corrected chi connectivity index (χ3v) is 10.7. The Hall–Kier alpha value is -4.90. The third-order valence-electron chi connectivity index (χ3n) is 10.7. The molecule has 5 unspecified atom stereocenters. The molecule has 2 amide bonds. The second-order valence-corrected chi connectivity index (χ2v) is 16.6. The van der Waals surface area contributed by atoms with E-state index in [-0.39, 0.29) is 30.1 Å². The van der Waals surface area contributed by atoms with Crippen molar-refractivity contribution in [2.45, 2.75) is 85.0 Å². The molecule has 0 saturated carbocycles. The molecule has 4 heterocycles. The van der Waals surface area contributed by atoms with Crippen molar-refractivity contribution in [1.29, 1.82) is 0 Å². The molecule has 5 atom stereocenters. The summed E-state index contributed by atoms with van der Waals surface area (Å²) in [7, 11) is 1.41. The highest BCUT2D eigenvalue weighted by atomic mass is 16.6. The second kappa shape index (κ2) is 14.5. The molecule has 7 rings (SSSR count). The van der Waals surface area contributed by atoms with Gasteiger partial charge in [-0.05, 0) is 97.5 Å². The summed E-state index contributed by atoms with van der Waals surface area (Å²) < 4.78 is 10.6. The molecule has 2 aromatic heterocycles. The number of alkyl carbamates (subject to hydrolysis) is 1. The number of H-pyrrole nitrogens is 2. The lowest BCUT2D eigenvalue weighted by molar-refractivity contribution is 0.0214. The maximum Gasteiger partial charge on any atom is 0.410 e. The molecule has 2 fully saturated rings. The molecule has 53 heavy (non-hydrogen) atoms. The minimum Gasteiger partial charge on any atom is -0.453 e. The number of ether oxygens (including phenoxy) is 2. The first-order valence-corrected chi connectivity index (χ1v) is 18.9. The summed E-state index contributed by atoms with van der Waals surface area (Å²) in [6.07, 6.45) is 3.02. The number of methoxy groups -OCH3 is 1. The summed E-state index contributed by atoms with van der Waals surface area (Å²) in [5.74, 6) is 2.90. The van der Waals surface area contributed by atoms with E-state index >= 15 is 0 Å². The van der Waals surface area contributed by atoms with Crippen LogP contribution in [0, 0.1) is 17.8 Å². The van der Waals surface area contributed by atoms with E-state index in [0.29, 0.717) is 18.4 Å². The zero-order valence-electron chi connectivity index (χ0n) is 32.2. The van der Waals surface area contributed by atoms with Crippen molar-refractivity contribution in [2.24, 2.45) is 17.8 Å². The van der Waals surface area contributed by atoms with Crippen molar-refractivity contribution in [1.82, 2.24) is 35.1 Å². The van der Waals surface area contributed by atoms with Gasteiger partial charge in [0.05, 0.1) is 42.1 Å². The van der Waals surface area contributed by atoms with Crippen molar-refractivity contribution in [3.8, 4) is 22.4 Å². The second-order valence-electron chi connectivity index (χ2n) is 16.6. The fourth-order valence-corrected chi connectivity index (χ4v) is 7.94. The number of rotatable bonds is 8. The monoisotopic (exact) mass is 719 g/mol. The zero-order valence-corrected chi connectivity index (χ0v) is 32.2. The predicted molar refractivity (Wildman–Crippen MR) is 208 cm³/mol. The summed E-state index contributed by atoms with van der Waals surface area (Å²) in [4.78, 5) is 46.3. The van der Waals surface area contributed by atoms with Crippen molar-refractivity contribution < 1.29 is 19.1 Å². The maximum absolute atomic E-state index is 13.0. The van der Waals surface area contributed by atoms with E-state index in [1.807, 2.05) is 27.0 Å². The average molecular weight is 720 g/mol. The van der Waals surface area contributed by atoms with E-state index in [1.165, 1.54) is 7.11 Å². The van der Waals surface area contributed by atoms with Crippen molar-refractivity contribution in [3.63, 3.8) is 0 Å². The highest BCUT2D eigenvalue weighted by Crippen LogP contribution is 2.38. The van der Waals surface area contributed by atoms with Gasteiger partial charge in [0.2, 0.25) is 0 Å². The maximum atomic E-state index is 13.0. The number of carbonyl (C=O) groups is 2. The first kappa shape index (κ1) is 36.5. The largest absolute Gasteiger partial charge is 0.453 e. The molecule has 0 radical (unpaired) electrons. The number of likely N-dealkylation sites (tertiary alicyclic amines) is 2. The Morgan fingerprint density at radius 2 is 1.55 bits per heavy atom. The van der Waals surface area contributed by atoms with E-state index in [4.69, 9.17) is 19.4 Å². The van der Waals surface area contributed by atoms with Crippen LogP contribution in [0.15, 0.2) is 60.8 Å². The van der Waals surface area contributed by atoms with Gasteiger partial charge in [0, 0.05) is 31.2 Å². The van der Waals surface area contributed by atoms with E-state index in [1.54, 1.807) is 4.90 Å². The van der Waals surface area contributed by atoms with Crippen molar-refractivity contribution in [2.75, 3.05) is 26.7 Å². The molecule has 2 aliphatic rings. The number of amides is 2. The Kier molecular flexibility index (Phi) is 9.97. The summed E-state index contributed by atoms with van der Waals surface area (Å²) in [6, 6.07) is 19.4. The van der Waals surface area contributed by atoms with E-state index in [0.717, 1.165) is 81.8 Å². The number of imidazole rings is 2. The fraction of sp³-hybridized carbons (Fsp3) is 0.476. The molecule has 280 valence electrons. The number of nitrogens with one attached hydrogen (secondary N) is 3. The molecular weight excluding hydrogens is 667 g/mol. The number of hydrogen-bond donors (Lipinski definition) is 3. The Labute approximate surface area is 311 Å². The fourth-order valence-electron chi connectivity index (χ4n) is 7.94. The number of nitrogens with zero attached hydrogens (tertiary/aromatic N) is 4. The van der Waals surface area contributed by atoms with Gasteiger partial charge in [-0.25, -0.2) is 19.6 Å². The summed E-state index contributed by atoms with van der Waals surface area (Å²) in [5, 5.41) is 5.31. The lowest BCUT2D eigenvalue weighted by atomic mass is 9.99. The van der Waals surface area contributed by atoms with Crippen molar-refractivity contribution >= 4 is 34.0 Å². The molecule has 2 aliphatic heterocycles. The number of benzene rings is 3. The molecule has 0 spiro atoms. The van der Waals surface area contributed by atoms with Gasteiger partial charge in [-0.3, -0.25) is 9.80 Å². The van der Waals surface area contributed by atoms with Gasteiger partial charge in [0.1, 0.15) is 17.2 Å². The van der Waals surface area contributed by atoms with Gasteiger partial charge < -0.3 is 24.8 Å². The average Bonchev–Trinajstić information content (AvgIpc) is 3.91. The number of hydrogen-bond acceptors (Lipinski definition) is 7. The topological polar surface area (TPSA) is 128 Å². The van der Waals surface area contributed by atoms with Crippen LogP contribution in [-0.2, 0) is 9.47 Å². The third kappa shape index (κ3) is 7.90. The van der Waals surface area contributed by atoms with Crippen LogP contribution < -0.4 is 5.32 Å². The van der Waals surface area contributed by atoms with Crippen LogP contribution in [-0.4, -0.2) is 80.3 Å². The van der Waals surface area contributed by atoms with Gasteiger partial charge >= 0.3 is 12.2 Å². The van der Waals surface area contributed by atoms with E-state index in [9.17, 15) is 9.59 Å². The first-order chi connectivity index (χ1) is 25.2. The van der Waals surface area contributed by atoms with Crippen LogP contribution in [0.4, 0.5) is 9.59 Å². The molecule has 5 aromatic rings. The number of fused-ring (bicyclic) bond motifs is 2. The molecule has 11 nitrogen and oxygen atoms in total. The summed E-state index contributed by atoms with van der Waals surface area (Å²) >= 11 is 0. The Morgan fingerprint density at radius 3 is 2.26 bits per heavy atom. The Morgan fingerprint density at radius 1 is 0.887 bits per heavy atom. The number of aromatic nitrogens is 4. The molecule has 0 aliphatic carbocycles. The highest BCUT2D eigenvalue weighted by Gasteiger charge is 2.38. The van der Waals surface area contributed by atoms with E-state index in [2.05, 4.69) is 102 Å². The highest BCUT2D eigenvalue weighted by molar-refractivity contribution is 5.91. The lowest BCUT2D eigenvalue weighted by Crippen LogP contribution is -2.46. The van der Waals surface area contributed by atoms with Gasteiger partial charge in [-0.2, -0.15) is 0 Å². The van der Waals surface area contributed by atoms with Crippen LogP contribution >= 0.6 is 0 Å². The molecule has 3 aromatic carbocycles. The van der Waals surface area contributed by atoms with Gasteiger partial charge in [-0.15, -0.1) is 0 Å². The van der Waals surface area contributed by atoms with Gasteiger partial charge in [0.25, 0.3) is 0 Å². The van der Waals surface area contributed by atoms with Crippen molar-refractivity contribution in [3.05, 3.63) is 72.4 Å². The quantitative estimate of drug-likeness (QED) is 0.146. The molecule has 0 bridgehead atoms. The summed E-state index contributed by atoms with van der Waals surface area (Å²) in [6.45, 7) is 16.7. The van der Waals surface area contributed by atoms with Crippen LogP contribution in [0.3, 0.4) is 0 Å². The Bertz CT molecular complexity index is 2110. The minimum absolute atomic E-state index is 0.0233. The van der Waals surface area contributed by atoms with Crippen LogP contribution in [0.5, 0.6) is 0 Å². The molecule has 2 saturated heterocycles. The van der Waals surface area contributed by atoms with Crippen LogP contribution in [0.2, 0.25) is 0 Å². The normalized spacial score (nSPS) is 21.5. The standard InChI is InChI=1S/C42H53N7O4/c1-24(2)35(47-40(50)52-8)23-48-21-25(3)15-36(48)39-44-32-14-13-30(19-33(32)45-39)28-9-10-29-18-31(12-11-27(29)17-28)34-20-43-38(46-34)37-16-26(4)22-49(37)41(51)53-42(5,6)7/h9-14,17-20,24-26,35-37H,15-16,21-23H2,1-8H3,(H,43,46)(H,44,45)(H,47,50). The van der Waals surface area contributed by atoms with Gasteiger partial charge in [-0.1, -0.05) is 58.0 Å². The van der Waals surface area contributed by atoms with Crippen LogP contribution in [0.25, 0.3) is 44.2 Å². The number of aromatic amines is 2. The Balaban J connectivity index is 1.08. The summed E-state index contributed by atoms with van der Waals surface area (Å²) in [5.41, 5.74) is 5.63. The smallest absolute Gasteiger partial charge is 0.410 e. The lowest BCUT2D eigenvalue weighted by Gasteiger charge is -2.30. The van der Waals surface area contributed by atoms with Crippen LogP contribution in [0.1, 0.15) is 85.0 Å². The first-order valence-electron chi connectivity index (χ1n) is 18.9. The zero-order chi connectivity index (χ0) is 37.6. The SMILES string of the molecule is COC(=O)NC(CN1CC(C)CC1c1nc2ccc(-c3ccc4cc(-c5cnc(C6CC(C)CN6C(=O)OC(C)(C)C)[nH]5)ccc4c3)cc2[nH]1)C(C)C. The molecular formula is C42H53N7O4. The predicted octanol–water partition coefficient (Wildman–Crippen LogP) is 8.85.